The lowest BCUT2D eigenvalue weighted by Gasteiger charge is -2.08. The first kappa shape index (κ1) is 25.5. The van der Waals surface area contributed by atoms with E-state index in [2.05, 4.69) is 13.5 Å². The smallest absolute Gasteiger partial charge is 0.217 e. The van der Waals surface area contributed by atoms with Crippen LogP contribution in [0.2, 0.25) is 0 Å². The van der Waals surface area contributed by atoms with Gasteiger partial charge in [-0.1, -0.05) is 19.9 Å². The fourth-order valence-electron chi connectivity index (χ4n) is 3.47. The molecule has 0 bridgehead atoms. The number of hydrogen-bond donors (Lipinski definition) is 2. The number of furan rings is 1. The predicted octanol–water partition coefficient (Wildman–Crippen LogP) is 6.47. The van der Waals surface area contributed by atoms with Gasteiger partial charge in [-0.25, -0.2) is 0 Å². The number of phenolic OH excluding ortho intramolecular Hbond substituents is 1. The average Bonchev–Trinajstić information content (AvgIpc) is 3.12. The number of unbranched alkanes of at least 4 members (excludes halogenated alkanes) is 1. The Morgan fingerprint density at radius 3 is 2.45 bits per heavy atom. The van der Waals surface area contributed by atoms with E-state index in [0.29, 0.717) is 59.3 Å². The van der Waals surface area contributed by atoms with Gasteiger partial charge in [-0.05, 0) is 82.3 Å². The number of carbonyl (C=O) groups is 2. The number of halogens is 2. The van der Waals surface area contributed by atoms with Crippen molar-refractivity contribution in [3.8, 4) is 11.5 Å². The fraction of sp³-hybridized carbons (Fsp3) is 0.280. The third kappa shape index (κ3) is 6.28. The normalized spacial score (nSPS) is 11.0. The highest BCUT2D eigenvalue weighted by atomic mass is 127. The largest absolute Gasteiger partial charge is 0.506 e. The number of nitrogens with two attached hydrogens (primary N) is 1. The number of rotatable bonds is 11. The first-order valence-electron chi connectivity index (χ1n) is 10.6. The van der Waals surface area contributed by atoms with Crippen molar-refractivity contribution in [2.45, 2.75) is 45.4 Å². The summed E-state index contributed by atoms with van der Waals surface area (Å²) in [4.78, 5) is 24.8. The molecule has 0 unspecified atom stereocenters. The summed E-state index contributed by atoms with van der Waals surface area (Å²) in [6.07, 6.45) is 3.88. The molecular weight excluding hydrogens is 648 g/mol. The number of fused-ring (bicyclic) bond motifs is 1. The monoisotopic (exact) mass is 673 g/mol. The van der Waals surface area contributed by atoms with Crippen molar-refractivity contribution in [3.05, 3.63) is 66.7 Å². The molecule has 2 aromatic carbocycles. The number of amides is 1. The van der Waals surface area contributed by atoms with E-state index in [9.17, 15) is 14.7 Å². The Labute approximate surface area is 219 Å². The molecule has 0 saturated carbocycles. The van der Waals surface area contributed by atoms with Crippen LogP contribution in [0.25, 0.3) is 11.0 Å². The summed E-state index contributed by atoms with van der Waals surface area (Å²) >= 11 is 4.00. The van der Waals surface area contributed by atoms with E-state index in [1.807, 2.05) is 51.2 Å². The van der Waals surface area contributed by atoms with E-state index in [1.165, 1.54) is 0 Å². The van der Waals surface area contributed by atoms with Gasteiger partial charge in [-0.15, -0.1) is 0 Å². The summed E-state index contributed by atoms with van der Waals surface area (Å²) in [6, 6.07) is 8.67. The summed E-state index contributed by atoms with van der Waals surface area (Å²) < 4.78 is 13.1. The van der Waals surface area contributed by atoms with Crippen LogP contribution < -0.4 is 10.5 Å². The number of ether oxygens (including phenoxy) is 1. The molecule has 0 fully saturated rings. The molecule has 3 aromatic rings. The van der Waals surface area contributed by atoms with Crippen molar-refractivity contribution in [2.24, 2.45) is 5.73 Å². The SMILES string of the molecule is C=C(CCCC)Oc1ccc2c(C(=O)c3cc(I)c(O)c(I)c3)c(CCCC(N)=O)oc2c1. The van der Waals surface area contributed by atoms with Gasteiger partial charge in [-0.2, -0.15) is 0 Å². The van der Waals surface area contributed by atoms with Crippen LogP contribution in [-0.2, 0) is 11.2 Å². The number of benzene rings is 2. The summed E-state index contributed by atoms with van der Waals surface area (Å²) in [7, 11) is 0. The molecule has 0 radical (unpaired) electrons. The zero-order valence-electron chi connectivity index (χ0n) is 18.2. The zero-order valence-corrected chi connectivity index (χ0v) is 22.6. The highest BCUT2D eigenvalue weighted by molar-refractivity contribution is 14.1. The molecule has 33 heavy (non-hydrogen) atoms. The molecule has 6 nitrogen and oxygen atoms in total. The van der Waals surface area contributed by atoms with Crippen molar-refractivity contribution in [1.29, 1.82) is 0 Å². The number of aryl methyl sites for hydroxylation is 1. The second kappa shape index (κ2) is 11.4. The van der Waals surface area contributed by atoms with Gasteiger partial charge in [-0.3, -0.25) is 9.59 Å². The lowest BCUT2D eigenvalue weighted by atomic mass is 9.98. The maximum Gasteiger partial charge on any atom is 0.217 e. The van der Waals surface area contributed by atoms with Crippen molar-refractivity contribution < 1.29 is 23.8 Å². The third-order valence-electron chi connectivity index (χ3n) is 5.14. The molecule has 0 saturated heterocycles. The molecule has 0 spiro atoms. The van der Waals surface area contributed by atoms with Crippen molar-refractivity contribution >= 4 is 67.8 Å². The third-order valence-corrected chi connectivity index (χ3v) is 6.78. The lowest BCUT2D eigenvalue weighted by Crippen LogP contribution is -2.11. The van der Waals surface area contributed by atoms with Gasteiger partial charge >= 0.3 is 0 Å². The molecule has 1 aromatic heterocycles. The van der Waals surface area contributed by atoms with Crippen LogP contribution in [0.5, 0.6) is 11.5 Å². The standard InChI is InChI=1S/C25H25I2NO5/c1-3-4-6-14(2)32-16-9-10-17-21(13-16)33-20(7-5-8-22(28)29)23(17)24(30)15-11-18(26)25(31)19(27)12-15/h9-13,31H,2-8H2,1H3,(H2,28,29). The van der Waals surface area contributed by atoms with E-state index in [-0.39, 0.29) is 18.0 Å². The number of carbonyl (C=O) groups excluding carboxylic acids is 2. The van der Waals surface area contributed by atoms with Crippen molar-refractivity contribution in [2.75, 3.05) is 0 Å². The summed E-state index contributed by atoms with van der Waals surface area (Å²) in [5.41, 5.74) is 6.71. The molecular formula is C25H25I2NO5. The Morgan fingerprint density at radius 2 is 1.82 bits per heavy atom. The first-order valence-corrected chi connectivity index (χ1v) is 12.8. The molecule has 174 valence electrons. The lowest BCUT2D eigenvalue weighted by molar-refractivity contribution is -0.118. The number of hydrogen-bond acceptors (Lipinski definition) is 5. The van der Waals surface area contributed by atoms with Gasteiger partial charge in [0.1, 0.15) is 22.8 Å². The number of phenols is 1. The van der Waals surface area contributed by atoms with Gasteiger partial charge in [0.25, 0.3) is 0 Å². The summed E-state index contributed by atoms with van der Waals surface area (Å²) in [6.45, 7) is 6.07. The summed E-state index contributed by atoms with van der Waals surface area (Å²) in [5, 5.41) is 10.7. The van der Waals surface area contributed by atoms with Gasteiger partial charge < -0.3 is 20.0 Å². The highest BCUT2D eigenvalue weighted by Crippen LogP contribution is 2.34. The quantitative estimate of drug-likeness (QED) is 0.138. The van der Waals surface area contributed by atoms with Crippen LogP contribution in [-0.4, -0.2) is 16.8 Å². The number of ketones is 1. The topological polar surface area (TPSA) is 103 Å². The van der Waals surface area contributed by atoms with Crippen molar-refractivity contribution in [1.82, 2.24) is 0 Å². The minimum Gasteiger partial charge on any atom is -0.506 e. The molecule has 8 heteroatoms. The van der Waals surface area contributed by atoms with E-state index < -0.39 is 5.91 Å². The minimum atomic E-state index is -0.400. The molecule has 3 N–H and O–H groups in total. The van der Waals surface area contributed by atoms with E-state index in [4.69, 9.17) is 14.9 Å². The van der Waals surface area contributed by atoms with Crippen LogP contribution in [0, 0.1) is 7.14 Å². The van der Waals surface area contributed by atoms with E-state index in [1.54, 1.807) is 24.3 Å². The van der Waals surface area contributed by atoms with Gasteiger partial charge in [0.2, 0.25) is 5.91 Å². The Bertz CT molecular complexity index is 1190. The molecule has 1 heterocycles. The maximum absolute atomic E-state index is 13.6. The molecule has 0 aliphatic carbocycles. The number of primary amides is 1. The Kier molecular flexibility index (Phi) is 8.80. The molecule has 3 rings (SSSR count). The van der Waals surface area contributed by atoms with Crippen LogP contribution in [0.1, 0.15) is 60.7 Å². The highest BCUT2D eigenvalue weighted by Gasteiger charge is 2.24. The first-order chi connectivity index (χ1) is 15.7. The van der Waals surface area contributed by atoms with Crippen LogP contribution >= 0.6 is 45.2 Å². The van der Waals surface area contributed by atoms with Crippen LogP contribution in [0.3, 0.4) is 0 Å². The van der Waals surface area contributed by atoms with Crippen LogP contribution in [0.15, 0.2) is 47.1 Å². The van der Waals surface area contributed by atoms with E-state index in [0.717, 1.165) is 19.3 Å². The van der Waals surface area contributed by atoms with Gasteiger partial charge in [0.15, 0.2) is 5.78 Å². The van der Waals surface area contributed by atoms with Gasteiger partial charge in [0.05, 0.1) is 18.5 Å². The number of aromatic hydroxyl groups is 1. The Balaban J connectivity index is 2.02. The fourth-order valence-corrected chi connectivity index (χ4v) is 5.24. The molecule has 1 amide bonds. The Morgan fingerprint density at radius 1 is 1.12 bits per heavy atom. The summed E-state index contributed by atoms with van der Waals surface area (Å²) in [5.74, 6) is 1.30. The minimum absolute atomic E-state index is 0.150. The van der Waals surface area contributed by atoms with Crippen LogP contribution in [0.4, 0.5) is 0 Å². The average molecular weight is 673 g/mol. The predicted molar refractivity (Wildman–Crippen MR) is 145 cm³/mol. The zero-order chi connectivity index (χ0) is 24.1. The van der Waals surface area contributed by atoms with Gasteiger partial charge in [0, 0.05) is 36.3 Å². The second-order valence-corrected chi connectivity index (χ2v) is 10.1. The van der Waals surface area contributed by atoms with Crippen molar-refractivity contribution in [3.63, 3.8) is 0 Å². The Hall–Kier alpha value is -2.08. The number of allylic oxidation sites excluding steroid dienone is 1. The maximum atomic E-state index is 13.6. The molecule has 0 aliphatic heterocycles. The second-order valence-electron chi connectivity index (χ2n) is 7.74. The molecule has 0 atom stereocenters. The van der Waals surface area contributed by atoms with E-state index >= 15 is 0 Å². The molecule has 0 aliphatic rings.